The van der Waals surface area contributed by atoms with E-state index in [1.807, 2.05) is 44.2 Å². The van der Waals surface area contributed by atoms with Crippen molar-refractivity contribution in [3.63, 3.8) is 0 Å². The summed E-state index contributed by atoms with van der Waals surface area (Å²) in [6.07, 6.45) is 1.02. The lowest BCUT2D eigenvalue weighted by atomic mass is 10.1. The first kappa shape index (κ1) is 20.6. The van der Waals surface area contributed by atoms with Gasteiger partial charge in [0.15, 0.2) is 12.0 Å². The summed E-state index contributed by atoms with van der Waals surface area (Å²) in [7, 11) is 0. The lowest BCUT2D eigenvalue weighted by Crippen LogP contribution is -2.37. The van der Waals surface area contributed by atoms with Crippen molar-refractivity contribution in [2.24, 2.45) is 0 Å². The Kier molecular flexibility index (Phi) is 5.16. The van der Waals surface area contributed by atoms with Crippen molar-refractivity contribution in [1.82, 2.24) is 24.5 Å². The topological polar surface area (TPSA) is 122 Å². The number of hydrogen-bond acceptors (Lipinski definition) is 8. The Morgan fingerprint density at radius 2 is 1.91 bits per heavy atom. The second-order valence-corrected chi connectivity index (χ2v) is 8.18. The molecular formula is C21H23N5O6. The smallest absolute Gasteiger partial charge is 0.330 e. The van der Waals surface area contributed by atoms with E-state index in [4.69, 9.17) is 18.9 Å². The maximum atomic E-state index is 12.3. The lowest BCUT2D eigenvalue weighted by molar-refractivity contribution is -0.198. The Balaban J connectivity index is 1.32. The van der Waals surface area contributed by atoms with Gasteiger partial charge in [0, 0.05) is 12.3 Å². The highest BCUT2D eigenvalue weighted by molar-refractivity contribution is 5.21. The van der Waals surface area contributed by atoms with E-state index in [2.05, 4.69) is 15.3 Å². The Labute approximate surface area is 182 Å². The number of hydrogen-bond donors (Lipinski definition) is 1. The number of rotatable bonds is 6. The van der Waals surface area contributed by atoms with Gasteiger partial charge in [-0.25, -0.2) is 9.48 Å². The normalized spacial score (nSPS) is 26.2. The number of para-hydroxylation sites is 1. The van der Waals surface area contributed by atoms with E-state index >= 15 is 0 Å². The molecule has 0 unspecified atom stereocenters. The minimum absolute atomic E-state index is 0.281. The van der Waals surface area contributed by atoms with E-state index in [0.717, 1.165) is 5.75 Å². The first-order chi connectivity index (χ1) is 15.4. The maximum absolute atomic E-state index is 12.3. The van der Waals surface area contributed by atoms with Crippen LogP contribution in [0.5, 0.6) is 5.75 Å². The molecule has 2 aliphatic heterocycles. The number of benzene rings is 1. The summed E-state index contributed by atoms with van der Waals surface area (Å²) in [5.74, 6) is -0.0877. The summed E-state index contributed by atoms with van der Waals surface area (Å²) < 4.78 is 26.9. The number of aromatic amines is 1. The first-order valence-corrected chi connectivity index (χ1v) is 10.3. The van der Waals surface area contributed by atoms with Gasteiger partial charge < -0.3 is 18.9 Å². The zero-order chi connectivity index (χ0) is 22.3. The standard InChI is InChI=1S/C21H23N5O6/c1-21(2)31-17-15(30-19(18(17)32-21)26-9-8-16(27)22-20(26)28)11-25-10-13(23-24-25)12-29-14-6-4-3-5-7-14/h3-10,15,17-19H,11-12H2,1-2H3,(H,22,27,28)/t15-,17-,18-,19-/m1/s1. The van der Waals surface area contributed by atoms with Crippen molar-refractivity contribution in [3.05, 3.63) is 75.3 Å². The first-order valence-electron chi connectivity index (χ1n) is 10.3. The Bertz CT molecular complexity index is 1200. The van der Waals surface area contributed by atoms with E-state index in [1.54, 1.807) is 10.9 Å². The van der Waals surface area contributed by atoms with Crippen LogP contribution in [0, 0.1) is 0 Å². The van der Waals surface area contributed by atoms with Crippen LogP contribution in [0.1, 0.15) is 25.8 Å². The molecule has 4 atom stereocenters. The van der Waals surface area contributed by atoms with Gasteiger partial charge in [-0.05, 0) is 26.0 Å². The van der Waals surface area contributed by atoms with Crippen LogP contribution in [0.3, 0.4) is 0 Å². The molecule has 0 bridgehead atoms. The van der Waals surface area contributed by atoms with Crippen LogP contribution >= 0.6 is 0 Å². The predicted octanol–water partition coefficient (Wildman–Crippen LogP) is 0.825. The van der Waals surface area contributed by atoms with Crippen LogP contribution in [0.25, 0.3) is 0 Å². The van der Waals surface area contributed by atoms with Gasteiger partial charge in [0.05, 0.1) is 12.7 Å². The van der Waals surface area contributed by atoms with Crippen LogP contribution in [-0.4, -0.2) is 48.6 Å². The Hall–Kier alpha value is -3.28. The number of fused-ring (bicyclic) bond motifs is 1. The van der Waals surface area contributed by atoms with Gasteiger partial charge in [-0.3, -0.25) is 14.3 Å². The lowest BCUT2D eigenvalue weighted by Gasteiger charge is -2.24. The van der Waals surface area contributed by atoms with Crippen LogP contribution in [0.15, 0.2) is 58.4 Å². The molecule has 2 aliphatic rings. The van der Waals surface area contributed by atoms with Crippen molar-refractivity contribution < 1.29 is 18.9 Å². The molecule has 0 aliphatic carbocycles. The van der Waals surface area contributed by atoms with Crippen LogP contribution in [0.4, 0.5) is 0 Å². The van der Waals surface area contributed by atoms with Gasteiger partial charge in [0.2, 0.25) is 0 Å². The monoisotopic (exact) mass is 441 g/mol. The van der Waals surface area contributed by atoms with E-state index in [-0.39, 0.29) is 6.61 Å². The number of ether oxygens (including phenoxy) is 4. The molecule has 4 heterocycles. The van der Waals surface area contributed by atoms with E-state index < -0.39 is 41.6 Å². The summed E-state index contributed by atoms with van der Waals surface area (Å²) in [4.78, 5) is 26.0. The molecule has 3 aromatic rings. The molecule has 0 saturated carbocycles. The maximum Gasteiger partial charge on any atom is 0.330 e. The molecular weight excluding hydrogens is 418 g/mol. The molecule has 2 fully saturated rings. The molecule has 2 aromatic heterocycles. The SMILES string of the molecule is CC1(C)O[C@@H]2[C@H](O1)[C@@H](Cn1cc(COc3ccccc3)nn1)O[C@H]2n1ccc(=O)[nH]c1=O. The van der Waals surface area contributed by atoms with E-state index in [0.29, 0.717) is 12.2 Å². The average Bonchev–Trinajstić information content (AvgIpc) is 3.42. The van der Waals surface area contributed by atoms with Gasteiger partial charge >= 0.3 is 5.69 Å². The second kappa shape index (κ2) is 8.01. The minimum Gasteiger partial charge on any atom is -0.487 e. The quantitative estimate of drug-likeness (QED) is 0.597. The third kappa shape index (κ3) is 4.09. The van der Waals surface area contributed by atoms with E-state index in [1.165, 1.54) is 16.8 Å². The minimum atomic E-state index is -0.835. The van der Waals surface area contributed by atoms with Crippen molar-refractivity contribution in [2.45, 2.75) is 57.3 Å². The van der Waals surface area contributed by atoms with Gasteiger partial charge in [0.25, 0.3) is 5.56 Å². The molecule has 11 nitrogen and oxygen atoms in total. The molecule has 0 radical (unpaired) electrons. The second-order valence-electron chi connectivity index (χ2n) is 8.18. The van der Waals surface area contributed by atoms with Gasteiger partial charge in [0.1, 0.15) is 36.4 Å². The average molecular weight is 441 g/mol. The number of nitrogens with zero attached hydrogens (tertiary/aromatic N) is 4. The molecule has 5 rings (SSSR count). The summed E-state index contributed by atoms with van der Waals surface area (Å²) in [6.45, 7) is 4.24. The summed E-state index contributed by atoms with van der Waals surface area (Å²) in [6, 6.07) is 10.7. The van der Waals surface area contributed by atoms with Crippen molar-refractivity contribution >= 4 is 0 Å². The van der Waals surface area contributed by atoms with Crippen LogP contribution in [-0.2, 0) is 27.4 Å². The highest BCUT2D eigenvalue weighted by Crippen LogP contribution is 2.42. The number of H-pyrrole nitrogens is 1. The fourth-order valence-corrected chi connectivity index (χ4v) is 4.01. The third-order valence-corrected chi connectivity index (χ3v) is 5.33. The zero-order valence-electron chi connectivity index (χ0n) is 17.6. The molecule has 0 spiro atoms. The number of aromatic nitrogens is 5. The highest BCUT2D eigenvalue weighted by atomic mass is 16.8. The third-order valence-electron chi connectivity index (χ3n) is 5.33. The Morgan fingerprint density at radius 1 is 1.12 bits per heavy atom. The highest BCUT2D eigenvalue weighted by Gasteiger charge is 2.56. The Morgan fingerprint density at radius 3 is 2.69 bits per heavy atom. The summed E-state index contributed by atoms with van der Waals surface area (Å²) in [5, 5.41) is 8.32. The summed E-state index contributed by atoms with van der Waals surface area (Å²) in [5.41, 5.74) is -0.383. The molecule has 0 amide bonds. The zero-order valence-corrected chi connectivity index (χ0v) is 17.6. The molecule has 32 heavy (non-hydrogen) atoms. The van der Waals surface area contributed by atoms with Crippen LogP contribution in [0.2, 0.25) is 0 Å². The predicted molar refractivity (Wildman–Crippen MR) is 110 cm³/mol. The van der Waals surface area contributed by atoms with Crippen molar-refractivity contribution in [1.29, 1.82) is 0 Å². The van der Waals surface area contributed by atoms with Gasteiger partial charge in [-0.1, -0.05) is 23.4 Å². The summed E-state index contributed by atoms with van der Waals surface area (Å²) >= 11 is 0. The van der Waals surface area contributed by atoms with Gasteiger partial charge in [-0.2, -0.15) is 0 Å². The van der Waals surface area contributed by atoms with E-state index in [9.17, 15) is 9.59 Å². The van der Waals surface area contributed by atoms with Crippen molar-refractivity contribution in [2.75, 3.05) is 0 Å². The molecule has 11 heteroatoms. The van der Waals surface area contributed by atoms with Gasteiger partial charge in [-0.15, -0.1) is 5.10 Å². The molecule has 1 aromatic carbocycles. The molecule has 168 valence electrons. The van der Waals surface area contributed by atoms with Crippen LogP contribution < -0.4 is 16.0 Å². The molecule has 1 N–H and O–H groups in total. The molecule has 2 saturated heterocycles. The van der Waals surface area contributed by atoms with Crippen molar-refractivity contribution in [3.8, 4) is 5.75 Å². The largest absolute Gasteiger partial charge is 0.487 e. The fourth-order valence-electron chi connectivity index (χ4n) is 4.01. The fraction of sp³-hybridized carbons (Fsp3) is 0.429. The number of nitrogens with one attached hydrogen (secondary N) is 1.